The minimum absolute atomic E-state index is 0.243. The van der Waals surface area contributed by atoms with E-state index >= 15 is 0 Å². The van der Waals surface area contributed by atoms with Crippen molar-refractivity contribution in [1.82, 2.24) is 4.57 Å². The molecule has 1 aromatic heterocycles. The molecule has 1 unspecified atom stereocenters. The van der Waals surface area contributed by atoms with Crippen LogP contribution in [0.4, 0.5) is 0 Å². The number of aromatic nitrogens is 1. The van der Waals surface area contributed by atoms with E-state index in [-0.39, 0.29) is 17.7 Å². The Bertz CT molecular complexity index is 767. The Hall–Kier alpha value is -1.78. The zero-order valence-electron chi connectivity index (χ0n) is 11.8. The molecule has 4 nitrogen and oxygen atoms in total. The van der Waals surface area contributed by atoms with Crippen molar-refractivity contribution in [3.63, 3.8) is 0 Å². The Morgan fingerprint density at radius 3 is 2.64 bits per heavy atom. The van der Waals surface area contributed by atoms with Crippen LogP contribution in [0, 0.1) is 0 Å². The number of benzene rings is 1. The van der Waals surface area contributed by atoms with Crippen molar-refractivity contribution in [3.8, 4) is 0 Å². The van der Waals surface area contributed by atoms with Crippen molar-refractivity contribution < 1.29 is 14.3 Å². The summed E-state index contributed by atoms with van der Waals surface area (Å²) < 4.78 is 6.59. The minimum Gasteiger partial charge on any atom is -0.469 e. The van der Waals surface area contributed by atoms with E-state index in [4.69, 9.17) is 27.9 Å². The van der Waals surface area contributed by atoms with Gasteiger partial charge in [-0.2, -0.15) is 0 Å². The summed E-state index contributed by atoms with van der Waals surface area (Å²) in [4.78, 5) is 24.6. The maximum absolute atomic E-state index is 12.7. The molecular weight excluding hydrogens is 325 g/mol. The highest BCUT2D eigenvalue weighted by Crippen LogP contribution is 2.37. The van der Waals surface area contributed by atoms with Gasteiger partial charge < -0.3 is 9.30 Å². The van der Waals surface area contributed by atoms with Gasteiger partial charge >= 0.3 is 5.97 Å². The molecule has 0 saturated heterocycles. The number of esters is 1. The lowest BCUT2D eigenvalue weighted by atomic mass is 10.1. The first-order chi connectivity index (χ1) is 10.5. The number of hydrogen-bond donors (Lipinski definition) is 0. The van der Waals surface area contributed by atoms with E-state index in [0.29, 0.717) is 40.0 Å². The van der Waals surface area contributed by atoms with Gasteiger partial charge in [-0.3, -0.25) is 9.59 Å². The standard InChI is InChI=1S/C16H13Cl2NO3/c1-22-16(21)10-6-7-19-13(10)8-12(18)14(19)15(20)9-4-2-3-5-11(9)17/h2-5,8,10H,6-7H2,1H3. The van der Waals surface area contributed by atoms with Gasteiger partial charge in [0.05, 0.1) is 23.1 Å². The predicted molar refractivity (Wildman–Crippen MR) is 83.7 cm³/mol. The molecule has 0 N–H and O–H groups in total. The van der Waals surface area contributed by atoms with Gasteiger partial charge in [-0.05, 0) is 24.6 Å². The number of halogens is 2. The molecule has 6 heteroatoms. The maximum Gasteiger partial charge on any atom is 0.314 e. The summed E-state index contributed by atoms with van der Waals surface area (Å²) in [5, 5.41) is 0.704. The molecule has 2 heterocycles. The highest BCUT2D eigenvalue weighted by atomic mass is 35.5. The molecular formula is C16H13Cl2NO3. The fourth-order valence-corrected chi connectivity index (χ4v) is 3.38. The lowest BCUT2D eigenvalue weighted by molar-refractivity contribution is -0.142. The van der Waals surface area contributed by atoms with E-state index in [1.54, 1.807) is 34.9 Å². The molecule has 0 radical (unpaired) electrons. The van der Waals surface area contributed by atoms with Crippen LogP contribution in [-0.4, -0.2) is 23.4 Å². The third-order valence-corrected chi connectivity index (χ3v) is 4.52. The van der Waals surface area contributed by atoms with Gasteiger partial charge in [0.1, 0.15) is 5.69 Å². The topological polar surface area (TPSA) is 48.3 Å². The van der Waals surface area contributed by atoms with Crippen LogP contribution in [0.5, 0.6) is 0 Å². The molecule has 0 bridgehead atoms. The number of methoxy groups -OCH3 is 1. The van der Waals surface area contributed by atoms with Crippen molar-refractivity contribution >= 4 is 35.0 Å². The van der Waals surface area contributed by atoms with E-state index in [1.807, 2.05) is 0 Å². The fourth-order valence-electron chi connectivity index (χ4n) is 2.85. The van der Waals surface area contributed by atoms with E-state index < -0.39 is 0 Å². The van der Waals surface area contributed by atoms with Gasteiger partial charge in [0.15, 0.2) is 0 Å². The van der Waals surface area contributed by atoms with Crippen LogP contribution >= 0.6 is 23.2 Å². The van der Waals surface area contributed by atoms with Gasteiger partial charge in [-0.25, -0.2) is 0 Å². The summed E-state index contributed by atoms with van der Waals surface area (Å²) >= 11 is 12.3. The number of rotatable bonds is 3. The Labute approximate surface area is 137 Å². The molecule has 0 aliphatic carbocycles. The summed E-state index contributed by atoms with van der Waals surface area (Å²) in [7, 11) is 1.35. The summed E-state index contributed by atoms with van der Waals surface area (Å²) in [5.41, 5.74) is 1.48. The molecule has 0 fully saturated rings. The monoisotopic (exact) mass is 337 g/mol. The van der Waals surface area contributed by atoms with Crippen molar-refractivity contribution in [1.29, 1.82) is 0 Å². The third-order valence-electron chi connectivity index (χ3n) is 3.90. The number of hydrogen-bond acceptors (Lipinski definition) is 3. The molecule has 1 aromatic carbocycles. The molecule has 114 valence electrons. The first kappa shape index (κ1) is 15.1. The molecule has 1 aliphatic heterocycles. The SMILES string of the molecule is COC(=O)C1CCn2c1cc(Cl)c2C(=O)c1ccccc1Cl. The van der Waals surface area contributed by atoms with E-state index in [1.165, 1.54) is 7.11 Å². The number of fused-ring (bicyclic) bond motifs is 1. The lowest BCUT2D eigenvalue weighted by Gasteiger charge is -2.07. The zero-order valence-corrected chi connectivity index (χ0v) is 13.3. The molecule has 2 aromatic rings. The molecule has 3 rings (SSSR count). The molecule has 0 spiro atoms. The fraction of sp³-hybridized carbons (Fsp3) is 0.250. The minimum atomic E-state index is -0.379. The average molecular weight is 338 g/mol. The van der Waals surface area contributed by atoms with Gasteiger partial charge in [0, 0.05) is 17.8 Å². The quantitative estimate of drug-likeness (QED) is 0.634. The second-order valence-electron chi connectivity index (χ2n) is 5.09. The third kappa shape index (κ3) is 2.32. The van der Waals surface area contributed by atoms with Crippen molar-refractivity contribution in [2.45, 2.75) is 18.9 Å². The number of carbonyl (C=O) groups excluding carboxylic acids is 2. The first-order valence-corrected chi connectivity index (χ1v) is 7.56. The lowest BCUT2D eigenvalue weighted by Crippen LogP contribution is -2.12. The van der Waals surface area contributed by atoms with Crippen molar-refractivity contribution in [3.05, 3.63) is 57.3 Å². The number of nitrogens with zero attached hydrogens (tertiary/aromatic N) is 1. The smallest absolute Gasteiger partial charge is 0.314 e. The van der Waals surface area contributed by atoms with Gasteiger partial charge in [0.2, 0.25) is 5.78 Å². The summed E-state index contributed by atoms with van der Waals surface area (Å²) in [6.07, 6.45) is 0.599. The van der Waals surface area contributed by atoms with Crippen LogP contribution < -0.4 is 0 Å². The Kier molecular flexibility index (Phi) is 3.98. The van der Waals surface area contributed by atoms with Crippen LogP contribution in [0.3, 0.4) is 0 Å². The molecule has 22 heavy (non-hydrogen) atoms. The Morgan fingerprint density at radius 2 is 1.95 bits per heavy atom. The van der Waals surface area contributed by atoms with E-state index in [2.05, 4.69) is 0 Å². The van der Waals surface area contributed by atoms with Crippen molar-refractivity contribution in [2.24, 2.45) is 0 Å². The van der Waals surface area contributed by atoms with Gasteiger partial charge in [-0.1, -0.05) is 35.3 Å². The summed E-state index contributed by atoms with van der Waals surface area (Å²) in [5.74, 6) is -0.938. The largest absolute Gasteiger partial charge is 0.469 e. The molecule has 1 atom stereocenters. The average Bonchev–Trinajstić information content (AvgIpc) is 3.04. The van der Waals surface area contributed by atoms with Crippen LogP contribution in [0.15, 0.2) is 30.3 Å². The maximum atomic E-state index is 12.7. The van der Waals surface area contributed by atoms with Gasteiger partial charge in [0.25, 0.3) is 0 Å². The predicted octanol–water partition coefficient (Wildman–Crippen LogP) is 3.69. The molecule has 1 aliphatic rings. The molecule has 0 amide bonds. The number of ether oxygens (including phenoxy) is 1. The van der Waals surface area contributed by atoms with E-state index in [0.717, 1.165) is 0 Å². The number of ketones is 1. The summed E-state index contributed by atoms with van der Waals surface area (Å²) in [6, 6.07) is 8.50. The summed E-state index contributed by atoms with van der Waals surface area (Å²) in [6.45, 7) is 0.549. The normalized spacial score (nSPS) is 16.4. The van der Waals surface area contributed by atoms with E-state index in [9.17, 15) is 9.59 Å². The van der Waals surface area contributed by atoms with Crippen LogP contribution in [-0.2, 0) is 16.1 Å². The second kappa shape index (κ2) is 5.78. The second-order valence-corrected chi connectivity index (χ2v) is 5.91. The van der Waals surface area contributed by atoms with Crippen LogP contribution in [0.1, 0.15) is 34.1 Å². The highest BCUT2D eigenvalue weighted by Gasteiger charge is 2.34. The van der Waals surface area contributed by atoms with Crippen LogP contribution in [0.2, 0.25) is 10.0 Å². The van der Waals surface area contributed by atoms with Gasteiger partial charge in [-0.15, -0.1) is 0 Å². The molecule has 0 saturated carbocycles. The Balaban J connectivity index is 2.06. The number of carbonyl (C=O) groups is 2. The zero-order chi connectivity index (χ0) is 15.9. The first-order valence-electron chi connectivity index (χ1n) is 6.80. The van der Waals surface area contributed by atoms with Crippen LogP contribution in [0.25, 0.3) is 0 Å². The Morgan fingerprint density at radius 1 is 1.23 bits per heavy atom. The highest BCUT2D eigenvalue weighted by molar-refractivity contribution is 6.38. The van der Waals surface area contributed by atoms with Crippen molar-refractivity contribution in [2.75, 3.05) is 7.11 Å².